The first-order valence-electron chi connectivity index (χ1n) is 9.79. The molecule has 1 aromatic carbocycles. The van der Waals surface area contributed by atoms with Gasteiger partial charge < -0.3 is 9.47 Å². The molecule has 0 N–H and O–H groups in total. The molecule has 1 unspecified atom stereocenters. The minimum absolute atomic E-state index is 0.209. The Morgan fingerprint density at radius 1 is 1.17 bits per heavy atom. The molecule has 2 aliphatic rings. The van der Waals surface area contributed by atoms with Crippen LogP contribution >= 0.6 is 0 Å². The van der Waals surface area contributed by atoms with E-state index in [1.165, 1.54) is 0 Å². The molecule has 1 aliphatic carbocycles. The summed E-state index contributed by atoms with van der Waals surface area (Å²) in [6, 6.07) is 13.9. The largest absolute Gasteiger partial charge is 0.497 e. The van der Waals surface area contributed by atoms with Gasteiger partial charge in [-0.1, -0.05) is 18.2 Å². The Hall–Kier alpha value is -2.42. The number of hydrogen-bond donors (Lipinski definition) is 0. The van der Waals surface area contributed by atoms with E-state index in [9.17, 15) is 8.42 Å². The van der Waals surface area contributed by atoms with E-state index in [4.69, 9.17) is 9.47 Å². The van der Waals surface area contributed by atoms with Crippen LogP contribution in [-0.4, -0.2) is 54.2 Å². The SMILES string of the molecule is COc1cccc(-c2cccc3c(C4CN(S(=O)(=O)C5CC5)CCO4)ncn23)c1. The van der Waals surface area contributed by atoms with Crippen molar-refractivity contribution in [3.63, 3.8) is 0 Å². The van der Waals surface area contributed by atoms with E-state index < -0.39 is 10.0 Å². The molecule has 2 fully saturated rings. The number of morpholine rings is 1. The molecule has 152 valence electrons. The van der Waals surface area contributed by atoms with Gasteiger partial charge in [-0.25, -0.2) is 13.4 Å². The van der Waals surface area contributed by atoms with Crippen molar-refractivity contribution in [1.82, 2.24) is 13.7 Å². The lowest BCUT2D eigenvalue weighted by Gasteiger charge is -2.31. The quantitative estimate of drug-likeness (QED) is 0.643. The smallest absolute Gasteiger partial charge is 0.217 e. The van der Waals surface area contributed by atoms with Crippen molar-refractivity contribution in [2.24, 2.45) is 0 Å². The highest BCUT2D eigenvalue weighted by Crippen LogP contribution is 2.35. The first-order valence-corrected chi connectivity index (χ1v) is 11.3. The second-order valence-electron chi connectivity index (χ2n) is 7.49. The molecule has 1 atom stereocenters. The van der Waals surface area contributed by atoms with Gasteiger partial charge in [0.1, 0.15) is 18.2 Å². The molecular formula is C21H23N3O4S. The third-order valence-corrected chi connectivity index (χ3v) is 7.97. The summed E-state index contributed by atoms with van der Waals surface area (Å²) in [5.41, 5.74) is 3.69. The standard InChI is InChI=1S/C21H23N3O4S/c1-27-16-5-2-4-15(12-16)18-6-3-7-19-21(22-14-24(18)19)20-13-23(10-11-28-20)29(25,26)17-8-9-17/h2-7,12,14,17,20H,8-11,13H2,1H3. The van der Waals surface area contributed by atoms with Crippen LogP contribution in [0.4, 0.5) is 0 Å². The summed E-state index contributed by atoms with van der Waals surface area (Å²) in [5, 5.41) is -0.209. The lowest BCUT2D eigenvalue weighted by atomic mass is 10.1. The van der Waals surface area contributed by atoms with Crippen LogP contribution in [0.2, 0.25) is 0 Å². The molecule has 0 radical (unpaired) electrons. The maximum absolute atomic E-state index is 12.7. The number of nitrogens with zero attached hydrogens (tertiary/aromatic N) is 3. The second-order valence-corrected chi connectivity index (χ2v) is 9.70. The molecule has 1 aliphatic heterocycles. The molecule has 3 aromatic rings. The van der Waals surface area contributed by atoms with E-state index in [2.05, 4.69) is 4.98 Å². The van der Waals surface area contributed by atoms with Crippen LogP contribution in [0, 0.1) is 0 Å². The van der Waals surface area contributed by atoms with E-state index >= 15 is 0 Å². The van der Waals surface area contributed by atoms with Crippen LogP contribution in [-0.2, 0) is 14.8 Å². The molecule has 3 heterocycles. The van der Waals surface area contributed by atoms with E-state index in [-0.39, 0.29) is 11.4 Å². The fourth-order valence-electron chi connectivity index (χ4n) is 3.90. The van der Waals surface area contributed by atoms with Gasteiger partial charge in [-0.05, 0) is 37.1 Å². The van der Waals surface area contributed by atoms with Gasteiger partial charge in [-0.3, -0.25) is 4.40 Å². The Bertz CT molecular complexity index is 1150. The van der Waals surface area contributed by atoms with Crippen molar-refractivity contribution < 1.29 is 17.9 Å². The molecular weight excluding hydrogens is 390 g/mol. The Morgan fingerprint density at radius 3 is 2.79 bits per heavy atom. The third-order valence-electron chi connectivity index (χ3n) is 5.61. The van der Waals surface area contributed by atoms with E-state index in [1.54, 1.807) is 17.7 Å². The Balaban J connectivity index is 1.50. The van der Waals surface area contributed by atoms with Gasteiger partial charge >= 0.3 is 0 Å². The highest BCUT2D eigenvalue weighted by molar-refractivity contribution is 7.90. The summed E-state index contributed by atoms with van der Waals surface area (Å²) >= 11 is 0. The topological polar surface area (TPSA) is 73.1 Å². The lowest BCUT2D eigenvalue weighted by molar-refractivity contribution is -0.00394. The number of rotatable bonds is 5. The zero-order chi connectivity index (χ0) is 20.0. The van der Waals surface area contributed by atoms with Crippen molar-refractivity contribution in [2.45, 2.75) is 24.2 Å². The summed E-state index contributed by atoms with van der Waals surface area (Å²) in [4.78, 5) is 4.61. The monoisotopic (exact) mass is 413 g/mol. The lowest BCUT2D eigenvalue weighted by Crippen LogP contribution is -2.43. The summed E-state index contributed by atoms with van der Waals surface area (Å²) in [5.74, 6) is 0.788. The van der Waals surface area contributed by atoms with Crippen LogP contribution in [0.5, 0.6) is 5.75 Å². The highest BCUT2D eigenvalue weighted by atomic mass is 32.2. The molecule has 7 nitrogen and oxygen atoms in total. The van der Waals surface area contributed by atoms with Crippen molar-refractivity contribution in [1.29, 1.82) is 0 Å². The van der Waals surface area contributed by atoms with E-state index in [0.717, 1.165) is 41.1 Å². The van der Waals surface area contributed by atoms with Gasteiger partial charge in [0.15, 0.2) is 0 Å². The zero-order valence-electron chi connectivity index (χ0n) is 16.2. The van der Waals surface area contributed by atoms with Gasteiger partial charge in [0.25, 0.3) is 0 Å². The predicted molar refractivity (Wildman–Crippen MR) is 109 cm³/mol. The number of aromatic nitrogens is 2. The van der Waals surface area contributed by atoms with Gasteiger partial charge in [-0.15, -0.1) is 0 Å². The van der Waals surface area contributed by atoms with Crippen molar-refractivity contribution in [3.8, 4) is 17.0 Å². The molecule has 0 bridgehead atoms. The number of fused-ring (bicyclic) bond motifs is 1. The van der Waals surface area contributed by atoms with Gasteiger partial charge in [-0.2, -0.15) is 4.31 Å². The number of hydrogen-bond acceptors (Lipinski definition) is 5. The number of imidazole rings is 1. The fraction of sp³-hybridized carbons (Fsp3) is 0.381. The highest BCUT2D eigenvalue weighted by Gasteiger charge is 2.42. The average molecular weight is 413 g/mol. The number of methoxy groups -OCH3 is 1. The maximum atomic E-state index is 12.7. The summed E-state index contributed by atoms with van der Waals surface area (Å²) in [7, 11) is -1.57. The number of ether oxygens (including phenoxy) is 2. The number of pyridine rings is 1. The van der Waals surface area contributed by atoms with E-state index in [1.807, 2.05) is 46.9 Å². The van der Waals surface area contributed by atoms with Crippen molar-refractivity contribution in [3.05, 3.63) is 54.5 Å². The summed E-state index contributed by atoms with van der Waals surface area (Å²) in [6.07, 6.45) is 2.93. The number of benzene rings is 1. The van der Waals surface area contributed by atoms with Crippen molar-refractivity contribution in [2.75, 3.05) is 26.8 Å². The van der Waals surface area contributed by atoms with Crippen LogP contribution in [0.1, 0.15) is 24.6 Å². The molecule has 0 amide bonds. The van der Waals surface area contributed by atoms with Crippen LogP contribution in [0.25, 0.3) is 16.8 Å². The normalized spacial score (nSPS) is 20.8. The summed E-state index contributed by atoms with van der Waals surface area (Å²) < 4.78 is 40.2. The number of sulfonamides is 1. The van der Waals surface area contributed by atoms with Crippen LogP contribution in [0.3, 0.4) is 0 Å². The predicted octanol–water partition coefficient (Wildman–Crippen LogP) is 2.88. The molecule has 1 saturated carbocycles. The molecule has 5 rings (SSSR count). The molecule has 2 aromatic heterocycles. The van der Waals surface area contributed by atoms with Gasteiger partial charge in [0.2, 0.25) is 10.0 Å². The van der Waals surface area contributed by atoms with Crippen LogP contribution in [0.15, 0.2) is 48.8 Å². The zero-order valence-corrected chi connectivity index (χ0v) is 17.0. The fourth-order valence-corrected chi connectivity index (χ4v) is 5.73. The Labute approximate surface area is 169 Å². The first-order chi connectivity index (χ1) is 14.1. The Morgan fingerprint density at radius 2 is 2.00 bits per heavy atom. The molecule has 8 heteroatoms. The van der Waals surface area contributed by atoms with Crippen molar-refractivity contribution >= 4 is 15.5 Å². The minimum Gasteiger partial charge on any atom is -0.497 e. The van der Waals surface area contributed by atoms with Gasteiger partial charge in [0, 0.05) is 18.7 Å². The maximum Gasteiger partial charge on any atom is 0.217 e. The minimum atomic E-state index is -3.22. The molecule has 0 spiro atoms. The third kappa shape index (κ3) is 3.31. The van der Waals surface area contributed by atoms with Gasteiger partial charge in [0.05, 0.1) is 35.9 Å². The summed E-state index contributed by atoms with van der Waals surface area (Å²) in [6.45, 7) is 1.11. The van der Waals surface area contributed by atoms with Crippen LogP contribution < -0.4 is 4.74 Å². The average Bonchev–Trinajstić information content (AvgIpc) is 3.53. The molecule has 1 saturated heterocycles. The molecule has 29 heavy (non-hydrogen) atoms. The van der Waals surface area contributed by atoms with E-state index in [0.29, 0.717) is 19.7 Å². The Kier molecular flexibility index (Phi) is 4.57. The second kappa shape index (κ2) is 7.12. The first kappa shape index (κ1) is 18.6.